The Bertz CT molecular complexity index is 3770. The zero-order valence-corrected chi connectivity index (χ0v) is 63.8. The molecule has 3 fully saturated rings. The van der Waals surface area contributed by atoms with Gasteiger partial charge in [0.15, 0.2) is 5.96 Å². The number of imidazole rings is 1. The number of H-pyrrole nitrogens is 2. The second kappa shape index (κ2) is 44.3. The Labute approximate surface area is 644 Å². The predicted molar refractivity (Wildman–Crippen MR) is 407 cm³/mol. The number of likely N-dealkylation sites (tertiary alicyclic amines) is 1. The number of nitrogens with one attached hydrogen (secondary N) is 10. The highest BCUT2D eigenvalue weighted by molar-refractivity contribution is 5.99. The Balaban J connectivity index is 1.10. The molecule has 2 aromatic carbocycles. The number of aromatic amines is 2. The normalized spacial score (nSPS) is 21.7. The lowest BCUT2D eigenvalue weighted by atomic mass is 9.98. The standard InChI is InChI=1S/C74H111N21O16/c1-5-6-18-54(84-63(98)43-91-26-22-50(23-27-91)83-62(97)42-92-28-30-93(44-64(99)100)32-34-95(46-66(103)104)35-33-94(31-29-92)45-65(101)102)68(106)86-56-39-61(96)79-24-13-12-20-58(67(75)105)88(2)73(111)60(37-49-40-81-53-19-11-10-17-52(49)53)90(4)72(110)59(21-14-25-80-74(76)77)89(3)71(109)57(36-48-15-8-7-9-16-48)87-69(107)55(85-70(56)108)38-51-41-78-47-82-51/h7-11,15-17,19,40-41,47,50,54-60,81H,5-6,12-14,18,20-39,42-46H2,1-4H3,(H2,75,105)(H,78,82)(H,79,96)(H,83,97)(H,84,98)(H,85,108)(H,86,106)(H,87,107)(H,99,100)(H,101,102)(H,103,104)(H4,76,77,80)/t54-,55-,56-,57+,58-,59-,60-/m0/s1. The first-order chi connectivity index (χ1) is 53.0. The van der Waals surface area contributed by atoms with Crippen LogP contribution < -0.4 is 48.7 Å². The fourth-order valence-electron chi connectivity index (χ4n) is 14.1. The van der Waals surface area contributed by atoms with E-state index in [0.717, 1.165) is 10.9 Å². The number of aromatic nitrogens is 3. The molecule has 111 heavy (non-hydrogen) atoms. The summed E-state index contributed by atoms with van der Waals surface area (Å²) in [5, 5.41) is 57.1. The van der Waals surface area contributed by atoms with Gasteiger partial charge in [-0.1, -0.05) is 68.3 Å². The van der Waals surface area contributed by atoms with Gasteiger partial charge in [-0.15, -0.1) is 0 Å². The molecular formula is C74H111N21O16. The van der Waals surface area contributed by atoms with Crippen molar-refractivity contribution in [3.8, 4) is 0 Å². The van der Waals surface area contributed by atoms with E-state index in [2.05, 4.69) is 52.2 Å². The molecule has 37 nitrogen and oxygen atoms in total. The molecule has 7 atom stereocenters. The minimum Gasteiger partial charge on any atom is -0.480 e. The first-order valence-corrected chi connectivity index (χ1v) is 37.8. The van der Waals surface area contributed by atoms with E-state index < -0.39 is 120 Å². The SMILES string of the molecule is CCCC[C@H](NC(=O)CN1CCC(NC(=O)CN2CCN(CC(=O)O)CCN(CC(=O)O)CCN(CC(=O)O)CC2)CC1)C(=O)N[C@H]1CC(=O)NCCCC[C@@H](C(N)=O)N(C)C(=O)[C@H](Cc2c[nH]c3ccccc23)N(C)C(=O)[C@H](CCCNC(=N)N)N(C)C(=O)[C@@H](Cc2ccccc2)NC(=O)[C@H](Cc2cnc[nH]2)NC1=O. The lowest BCUT2D eigenvalue weighted by molar-refractivity contribution is -0.152. The summed E-state index contributed by atoms with van der Waals surface area (Å²) in [6.07, 6.45) is 5.91. The van der Waals surface area contributed by atoms with Crippen LogP contribution in [0.4, 0.5) is 0 Å². The lowest BCUT2D eigenvalue weighted by Crippen LogP contribution is -2.61. The Morgan fingerprint density at radius 3 is 1.77 bits per heavy atom. The number of piperidine rings is 1. The van der Waals surface area contributed by atoms with Gasteiger partial charge in [0, 0.05) is 154 Å². The Morgan fingerprint density at radius 1 is 0.613 bits per heavy atom. The maximum atomic E-state index is 15.5. The molecule has 10 amide bonds. The third-order valence-corrected chi connectivity index (χ3v) is 20.4. The molecule has 2 aromatic heterocycles. The van der Waals surface area contributed by atoms with Crippen LogP contribution in [0.3, 0.4) is 0 Å². The van der Waals surface area contributed by atoms with Gasteiger partial charge in [-0.25, -0.2) is 4.98 Å². The van der Waals surface area contributed by atoms with Crippen LogP contribution in [0.25, 0.3) is 10.9 Å². The molecule has 3 aliphatic heterocycles. The zero-order valence-electron chi connectivity index (χ0n) is 63.8. The number of carbonyl (C=O) groups is 13. The summed E-state index contributed by atoms with van der Waals surface area (Å²) in [4.78, 5) is 205. The average molecular weight is 1550 g/mol. The number of likely N-dealkylation sites (N-methyl/N-ethyl adjacent to an activating group) is 3. The number of hydrogen-bond donors (Lipinski definition) is 15. The summed E-state index contributed by atoms with van der Waals surface area (Å²) in [6.45, 7) is 3.30. The number of guanidine groups is 1. The molecule has 17 N–H and O–H groups in total. The van der Waals surface area contributed by atoms with Crippen molar-refractivity contribution in [2.24, 2.45) is 11.5 Å². The molecule has 0 saturated carbocycles. The molecule has 0 radical (unpaired) electrons. The number of aliphatic carboxylic acids is 3. The van der Waals surface area contributed by atoms with E-state index in [9.17, 15) is 53.7 Å². The van der Waals surface area contributed by atoms with Gasteiger partial charge in [0.05, 0.1) is 45.5 Å². The van der Waals surface area contributed by atoms with Crippen molar-refractivity contribution in [3.63, 3.8) is 0 Å². The van der Waals surface area contributed by atoms with Gasteiger partial charge in [-0.05, 0) is 68.6 Å². The molecule has 608 valence electrons. The summed E-state index contributed by atoms with van der Waals surface area (Å²) >= 11 is 0. The summed E-state index contributed by atoms with van der Waals surface area (Å²) in [7, 11) is 4.23. The van der Waals surface area contributed by atoms with Gasteiger partial charge in [-0.2, -0.15) is 0 Å². The molecule has 3 saturated heterocycles. The molecule has 0 aliphatic carbocycles. The molecule has 0 bridgehead atoms. The number of carboxylic acids is 3. The molecular weight excluding hydrogens is 1440 g/mol. The number of benzene rings is 2. The molecule has 3 aliphatic rings. The van der Waals surface area contributed by atoms with E-state index in [0.29, 0.717) is 55.6 Å². The number of carboxylic acid groups (broad SMARTS) is 3. The van der Waals surface area contributed by atoms with Crippen LogP contribution in [-0.4, -0.2) is 333 Å². The fourth-order valence-corrected chi connectivity index (χ4v) is 14.1. The van der Waals surface area contributed by atoms with Crippen molar-refractivity contribution in [1.82, 2.24) is 91.4 Å². The minimum absolute atomic E-state index is 0.0137. The summed E-state index contributed by atoms with van der Waals surface area (Å²) < 4.78 is 0. The number of nitrogens with zero attached hydrogens (tertiary/aromatic N) is 9. The number of carbonyl (C=O) groups excluding carboxylic acids is 10. The van der Waals surface area contributed by atoms with Crippen molar-refractivity contribution in [2.75, 3.05) is 132 Å². The Morgan fingerprint density at radius 2 is 1.18 bits per heavy atom. The Kier molecular flexibility index (Phi) is 34.9. The maximum absolute atomic E-state index is 15.5. The molecule has 7 rings (SSSR count). The monoisotopic (exact) mass is 1550 g/mol. The van der Waals surface area contributed by atoms with Gasteiger partial charge in [0.25, 0.3) is 0 Å². The molecule has 5 heterocycles. The van der Waals surface area contributed by atoms with Crippen LogP contribution in [0.5, 0.6) is 0 Å². The van der Waals surface area contributed by atoms with Crippen LogP contribution >= 0.6 is 0 Å². The average Bonchev–Trinajstić information content (AvgIpc) is 1.78. The second-order valence-corrected chi connectivity index (χ2v) is 28.7. The van der Waals surface area contributed by atoms with Crippen LogP contribution in [-0.2, 0) is 81.6 Å². The number of hydrogen-bond acceptors (Lipinski definition) is 20. The van der Waals surface area contributed by atoms with E-state index in [1.807, 2.05) is 41.0 Å². The predicted octanol–water partition coefficient (Wildman–Crippen LogP) is -2.98. The van der Waals surface area contributed by atoms with E-state index in [4.69, 9.17) is 16.9 Å². The van der Waals surface area contributed by atoms with Gasteiger partial charge in [0.1, 0.15) is 42.3 Å². The second-order valence-electron chi connectivity index (χ2n) is 28.7. The first kappa shape index (κ1) is 87.6. The number of unbranched alkanes of at least 4 members (excludes halogenated alkanes) is 1. The number of para-hydroxylation sites is 1. The number of rotatable bonds is 28. The zero-order chi connectivity index (χ0) is 80.7. The quantitative estimate of drug-likeness (QED) is 0.0153. The Hall–Kier alpha value is -10.6. The van der Waals surface area contributed by atoms with Crippen molar-refractivity contribution in [2.45, 2.75) is 145 Å². The smallest absolute Gasteiger partial charge is 0.317 e. The number of nitrogens with two attached hydrogens (primary N) is 2. The van der Waals surface area contributed by atoms with Crippen LogP contribution in [0.15, 0.2) is 73.3 Å². The summed E-state index contributed by atoms with van der Waals surface area (Å²) in [5.74, 6) is -10.8. The van der Waals surface area contributed by atoms with Crippen molar-refractivity contribution in [3.05, 3.63) is 90.1 Å². The number of primary amides is 1. The number of amides is 10. The van der Waals surface area contributed by atoms with E-state index in [-0.39, 0.29) is 174 Å². The molecule has 4 aromatic rings. The molecule has 37 heteroatoms. The van der Waals surface area contributed by atoms with Gasteiger partial charge in [-0.3, -0.25) is 92.2 Å². The highest BCUT2D eigenvalue weighted by Gasteiger charge is 2.41. The lowest BCUT2D eigenvalue weighted by Gasteiger charge is -2.38. The van der Waals surface area contributed by atoms with Crippen molar-refractivity contribution >= 4 is 93.8 Å². The van der Waals surface area contributed by atoms with Gasteiger partial charge in [0.2, 0.25) is 59.1 Å². The fraction of sp³-hybridized carbons (Fsp3) is 0.581. The van der Waals surface area contributed by atoms with Crippen LogP contribution in [0.1, 0.15) is 94.4 Å². The summed E-state index contributed by atoms with van der Waals surface area (Å²) in [5.41, 5.74) is 14.1. The first-order valence-electron chi connectivity index (χ1n) is 37.8. The van der Waals surface area contributed by atoms with Crippen molar-refractivity contribution in [1.29, 1.82) is 5.41 Å². The van der Waals surface area contributed by atoms with E-state index >= 15 is 24.0 Å². The van der Waals surface area contributed by atoms with E-state index in [1.54, 1.807) is 51.2 Å². The van der Waals surface area contributed by atoms with Crippen LogP contribution in [0, 0.1) is 5.41 Å². The van der Waals surface area contributed by atoms with Gasteiger partial charge >= 0.3 is 17.9 Å². The molecule has 0 spiro atoms. The van der Waals surface area contributed by atoms with Crippen molar-refractivity contribution < 1.29 is 77.6 Å². The largest absolute Gasteiger partial charge is 0.480 e. The van der Waals surface area contributed by atoms with Crippen LogP contribution in [0.2, 0.25) is 0 Å². The number of fused-ring (bicyclic) bond motifs is 1. The molecule has 0 unspecified atom stereocenters. The third-order valence-electron chi connectivity index (χ3n) is 20.4. The van der Waals surface area contributed by atoms with E-state index in [1.165, 1.54) is 48.4 Å². The summed E-state index contributed by atoms with van der Waals surface area (Å²) in [6, 6.07) is 5.94. The third kappa shape index (κ3) is 28.6. The maximum Gasteiger partial charge on any atom is 0.317 e. The highest BCUT2D eigenvalue weighted by Crippen LogP contribution is 2.25. The highest BCUT2D eigenvalue weighted by atomic mass is 16.4. The van der Waals surface area contributed by atoms with Gasteiger partial charge < -0.3 is 88.7 Å². The minimum atomic E-state index is -1.71. The topological polar surface area (TPSA) is 513 Å².